The van der Waals surface area contributed by atoms with Gasteiger partial charge in [0, 0.05) is 24.3 Å². The zero-order chi connectivity index (χ0) is 22.4. The Bertz CT molecular complexity index is 931. The third-order valence-electron chi connectivity index (χ3n) is 6.17. The smallest absolute Gasteiger partial charge is 0.417 e. The lowest BCUT2D eigenvalue weighted by atomic mass is 9.90. The summed E-state index contributed by atoms with van der Waals surface area (Å²) in [6.07, 6.45) is -0.926. The van der Waals surface area contributed by atoms with Gasteiger partial charge in [0.25, 0.3) is 0 Å². The fraction of sp³-hybridized carbons (Fsp3) is 0.524. The van der Waals surface area contributed by atoms with E-state index in [1.54, 1.807) is 29.2 Å². The number of likely N-dealkylation sites (tertiary alicyclic amines) is 1. The van der Waals surface area contributed by atoms with Crippen molar-refractivity contribution in [2.75, 3.05) is 18.8 Å². The molecule has 0 aromatic heterocycles. The molecular weight excluding hydrogens is 411 g/mol. The second kappa shape index (κ2) is 7.52. The van der Waals surface area contributed by atoms with Gasteiger partial charge in [0.1, 0.15) is 17.5 Å². The monoisotopic (exact) mass is 437 g/mol. The Kier molecular flexibility index (Phi) is 5.25. The highest BCUT2D eigenvalue weighted by Gasteiger charge is 2.54. The van der Waals surface area contributed by atoms with E-state index in [0.29, 0.717) is 22.7 Å². The molecule has 3 aliphatic rings. The first kappa shape index (κ1) is 21.6. The highest BCUT2D eigenvalue weighted by Crippen LogP contribution is 2.40. The van der Waals surface area contributed by atoms with Gasteiger partial charge in [0.05, 0.1) is 17.7 Å². The number of anilines is 1. The number of nitrogens with zero attached hydrogens (tertiary/aromatic N) is 2. The standard InChI is InChI=1S/C21H26F3N5O2/c1-19(4-5-19)31-13-2-3-15(25)14(10-13)18(26)16-11-17(28-12-27-16)29-8-6-20(30,7-9-29)21(22,23)24/h2-3,10-12,17,26,30H,4-9,25H2,1H3,(H,27,28). The van der Waals surface area contributed by atoms with Crippen molar-refractivity contribution in [1.29, 1.82) is 5.41 Å². The quantitative estimate of drug-likeness (QED) is 0.419. The number of aliphatic imine (C=N–C) groups is 1. The van der Waals surface area contributed by atoms with Crippen molar-refractivity contribution >= 4 is 17.7 Å². The normalized spacial score (nSPS) is 24.8. The van der Waals surface area contributed by atoms with Crippen LogP contribution in [0.3, 0.4) is 0 Å². The molecule has 0 radical (unpaired) electrons. The van der Waals surface area contributed by atoms with Crippen molar-refractivity contribution in [3.63, 3.8) is 0 Å². The molecule has 31 heavy (non-hydrogen) atoms. The number of rotatable bonds is 5. The minimum absolute atomic E-state index is 0.0408. The lowest BCUT2D eigenvalue weighted by molar-refractivity contribution is -0.273. The Morgan fingerprint density at radius 1 is 1.29 bits per heavy atom. The fourth-order valence-corrected chi connectivity index (χ4v) is 3.74. The van der Waals surface area contributed by atoms with Crippen LogP contribution in [0.25, 0.3) is 0 Å². The zero-order valence-corrected chi connectivity index (χ0v) is 17.2. The number of nitrogens with two attached hydrogens (primary N) is 1. The first-order valence-electron chi connectivity index (χ1n) is 10.2. The molecule has 1 unspecified atom stereocenters. The minimum atomic E-state index is -4.65. The summed E-state index contributed by atoms with van der Waals surface area (Å²) in [5, 5.41) is 21.4. The summed E-state index contributed by atoms with van der Waals surface area (Å²) in [5.41, 5.74) is 4.79. The van der Waals surface area contributed by atoms with Crippen LogP contribution in [0.4, 0.5) is 18.9 Å². The van der Waals surface area contributed by atoms with Crippen LogP contribution in [0, 0.1) is 5.41 Å². The number of nitrogens with one attached hydrogen (secondary N) is 2. The maximum Gasteiger partial charge on any atom is 0.417 e. The number of aliphatic hydroxyl groups is 1. The van der Waals surface area contributed by atoms with E-state index in [9.17, 15) is 18.3 Å². The number of hydrogen-bond acceptors (Lipinski definition) is 7. The Hall–Kier alpha value is -2.59. The minimum Gasteiger partial charge on any atom is -0.488 e. The van der Waals surface area contributed by atoms with E-state index < -0.39 is 30.8 Å². The SMILES string of the molecule is CC1(Oc2ccc(N)c(C(=N)C3=CC(N4CCC(O)(C(F)(F)F)CC4)N=CN3)c2)CC1. The lowest BCUT2D eigenvalue weighted by Crippen LogP contribution is -2.55. The van der Waals surface area contributed by atoms with Crippen molar-refractivity contribution in [3.05, 3.63) is 35.5 Å². The van der Waals surface area contributed by atoms with Gasteiger partial charge in [-0.3, -0.25) is 15.3 Å². The Morgan fingerprint density at radius 2 is 1.97 bits per heavy atom. The second-order valence-electron chi connectivity index (χ2n) is 8.66. The van der Waals surface area contributed by atoms with Crippen LogP contribution in [-0.2, 0) is 0 Å². The van der Waals surface area contributed by atoms with Crippen LogP contribution in [0.15, 0.2) is 35.0 Å². The maximum absolute atomic E-state index is 13.1. The number of piperidine rings is 1. The highest BCUT2D eigenvalue weighted by molar-refractivity contribution is 6.14. The molecule has 1 aromatic rings. The summed E-state index contributed by atoms with van der Waals surface area (Å²) in [4.78, 5) is 6.04. The van der Waals surface area contributed by atoms with E-state index in [0.717, 1.165) is 12.8 Å². The van der Waals surface area contributed by atoms with E-state index in [2.05, 4.69) is 10.3 Å². The molecule has 5 N–H and O–H groups in total. The molecule has 1 atom stereocenters. The van der Waals surface area contributed by atoms with Crippen molar-refractivity contribution < 1.29 is 23.0 Å². The molecule has 7 nitrogen and oxygen atoms in total. The van der Waals surface area contributed by atoms with E-state index in [4.69, 9.17) is 15.9 Å². The van der Waals surface area contributed by atoms with Crippen molar-refractivity contribution in [1.82, 2.24) is 10.2 Å². The first-order chi connectivity index (χ1) is 14.5. The molecule has 0 spiro atoms. The van der Waals surface area contributed by atoms with Crippen LogP contribution in [0.2, 0.25) is 0 Å². The number of halogens is 3. The molecule has 1 aromatic carbocycles. The number of allylic oxidation sites excluding steroid dienone is 1. The molecular formula is C21H26F3N5O2. The predicted molar refractivity (Wildman–Crippen MR) is 111 cm³/mol. The molecule has 1 aliphatic carbocycles. The van der Waals surface area contributed by atoms with Gasteiger partial charge in [-0.05, 0) is 56.9 Å². The third kappa shape index (κ3) is 4.40. The summed E-state index contributed by atoms with van der Waals surface area (Å²) < 4.78 is 45.1. The van der Waals surface area contributed by atoms with E-state index in [-0.39, 0.29) is 24.4 Å². The number of hydrogen-bond donors (Lipinski definition) is 4. The van der Waals surface area contributed by atoms with Gasteiger partial charge in [0.2, 0.25) is 0 Å². The molecule has 2 aliphatic heterocycles. The van der Waals surface area contributed by atoms with Crippen LogP contribution in [0.1, 0.15) is 38.2 Å². The van der Waals surface area contributed by atoms with Gasteiger partial charge in [0.15, 0.2) is 5.60 Å². The van der Waals surface area contributed by atoms with Gasteiger partial charge in [-0.25, -0.2) is 0 Å². The van der Waals surface area contributed by atoms with E-state index in [1.165, 1.54) is 6.34 Å². The maximum atomic E-state index is 13.1. The largest absolute Gasteiger partial charge is 0.488 e. The molecule has 1 saturated heterocycles. The van der Waals surface area contributed by atoms with Crippen LogP contribution < -0.4 is 15.8 Å². The van der Waals surface area contributed by atoms with Crippen molar-refractivity contribution in [3.8, 4) is 5.75 Å². The van der Waals surface area contributed by atoms with Crippen LogP contribution in [-0.4, -0.2) is 58.7 Å². The number of benzene rings is 1. The third-order valence-corrected chi connectivity index (χ3v) is 6.17. The average molecular weight is 437 g/mol. The Labute approximate surface area is 178 Å². The molecule has 0 bridgehead atoms. The highest BCUT2D eigenvalue weighted by atomic mass is 19.4. The molecule has 168 valence electrons. The van der Waals surface area contributed by atoms with Crippen molar-refractivity contribution in [2.45, 2.75) is 56.2 Å². The Balaban J connectivity index is 1.48. The van der Waals surface area contributed by atoms with Gasteiger partial charge in [-0.1, -0.05) is 0 Å². The number of nitrogen functional groups attached to an aromatic ring is 1. The summed E-state index contributed by atoms with van der Waals surface area (Å²) in [5.74, 6) is 0.637. The molecule has 2 fully saturated rings. The summed E-state index contributed by atoms with van der Waals surface area (Å²) >= 11 is 0. The van der Waals surface area contributed by atoms with Gasteiger partial charge < -0.3 is 20.9 Å². The van der Waals surface area contributed by atoms with Gasteiger partial charge >= 0.3 is 6.18 Å². The Morgan fingerprint density at radius 3 is 2.58 bits per heavy atom. The predicted octanol–water partition coefficient (Wildman–Crippen LogP) is 2.80. The molecule has 0 amide bonds. The number of alkyl halides is 3. The zero-order valence-electron chi connectivity index (χ0n) is 17.2. The fourth-order valence-electron chi connectivity index (χ4n) is 3.74. The summed E-state index contributed by atoms with van der Waals surface area (Å²) in [6.45, 7) is 2.11. The van der Waals surface area contributed by atoms with Crippen LogP contribution >= 0.6 is 0 Å². The second-order valence-corrected chi connectivity index (χ2v) is 8.66. The average Bonchev–Trinajstić information content (AvgIpc) is 3.45. The van der Waals surface area contributed by atoms with Crippen molar-refractivity contribution in [2.24, 2.45) is 4.99 Å². The summed E-state index contributed by atoms with van der Waals surface area (Å²) in [7, 11) is 0. The van der Waals surface area contributed by atoms with E-state index in [1.807, 2.05) is 6.92 Å². The molecule has 4 rings (SSSR count). The van der Waals surface area contributed by atoms with Crippen LogP contribution in [0.5, 0.6) is 5.75 Å². The molecule has 10 heteroatoms. The number of ether oxygens (including phenoxy) is 1. The van der Waals surface area contributed by atoms with E-state index >= 15 is 0 Å². The topological polar surface area (TPSA) is 107 Å². The lowest BCUT2D eigenvalue weighted by Gasteiger charge is -2.41. The van der Waals surface area contributed by atoms with Gasteiger partial charge in [-0.15, -0.1) is 0 Å². The van der Waals surface area contributed by atoms with Gasteiger partial charge in [-0.2, -0.15) is 13.2 Å². The molecule has 1 saturated carbocycles. The first-order valence-corrected chi connectivity index (χ1v) is 10.2. The molecule has 2 heterocycles. The summed E-state index contributed by atoms with van der Waals surface area (Å²) in [6, 6.07) is 5.20.